The lowest BCUT2D eigenvalue weighted by atomic mass is 9.98. The van der Waals surface area contributed by atoms with E-state index < -0.39 is 0 Å². The van der Waals surface area contributed by atoms with Gasteiger partial charge in [-0.05, 0) is 19.3 Å². The smallest absolute Gasteiger partial charge is 0.0903 e. The molecule has 0 amide bonds. The SMILES string of the molecule is CC1(OCC(O)CC2CCCC2)CNC1. The standard InChI is InChI=1S/C12H23NO2/c1-12(8-13-9-12)15-7-11(14)6-10-4-2-3-5-10/h10-11,13-14H,2-9H2,1H3. The highest BCUT2D eigenvalue weighted by Gasteiger charge is 2.33. The van der Waals surface area contributed by atoms with E-state index in [1.165, 1.54) is 25.7 Å². The molecule has 15 heavy (non-hydrogen) atoms. The predicted molar refractivity (Wildman–Crippen MR) is 59.8 cm³/mol. The molecule has 1 aliphatic carbocycles. The Morgan fingerprint density at radius 2 is 2.07 bits per heavy atom. The Balaban J connectivity index is 1.61. The Morgan fingerprint density at radius 1 is 1.40 bits per heavy atom. The molecule has 0 aromatic carbocycles. The summed E-state index contributed by atoms with van der Waals surface area (Å²) in [7, 11) is 0. The zero-order chi connectivity index (χ0) is 10.7. The first kappa shape index (κ1) is 11.4. The third kappa shape index (κ3) is 3.16. The Hall–Kier alpha value is -0.120. The van der Waals surface area contributed by atoms with Crippen LogP contribution in [0.4, 0.5) is 0 Å². The van der Waals surface area contributed by atoms with Gasteiger partial charge in [0.15, 0.2) is 0 Å². The highest BCUT2D eigenvalue weighted by molar-refractivity contribution is 4.90. The van der Waals surface area contributed by atoms with Crippen LogP contribution in [0.2, 0.25) is 0 Å². The predicted octanol–water partition coefficient (Wildman–Crippen LogP) is 1.31. The summed E-state index contributed by atoms with van der Waals surface area (Å²) in [5.74, 6) is 0.746. The molecule has 1 aliphatic heterocycles. The van der Waals surface area contributed by atoms with Crippen molar-refractivity contribution < 1.29 is 9.84 Å². The first-order valence-electron chi connectivity index (χ1n) is 6.21. The Morgan fingerprint density at radius 3 is 2.60 bits per heavy atom. The topological polar surface area (TPSA) is 41.5 Å². The fourth-order valence-corrected chi connectivity index (χ4v) is 2.58. The minimum absolute atomic E-state index is 0.0172. The van der Waals surface area contributed by atoms with Crippen molar-refractivity contribution in [1.82, 2.24) is 5.32 Å². The summed E-state index contributed by atoms with van der Waals surface area (Å²) in [5, 5.41) is 13.0. The maximum atomic E-state index is 9.85. The van der Waals surface area contributed by atoms with E-state index in [1.807, 2.05) is 0 Å². The van der Waals surface area contributed by atoms with Crippen molar-refractivity contribution in [1.29, 1.82) is 0 Å². The Labute approximate surface area is 92.2 Å². The van der Waals surface area contributed by atoms with Gasteiger partial charge in [-0.15, -0.1) is 0 Å². The fourth-order valence-electron chi connectivity index (χ4n) is 2.58. The minimum atomic E-state index is -0.259. The monoisotopic (exact) mass is 213 g/mol. The van der Waals surface area contributed by atoms with Gasteiger partial charge in [0.1, 0.15) is 0 Å². The normalized spacial score (nSPS) is 27.6. The molecule has 2 aliphatic rings. The van der Waals surface area contributed by atoms with Crippen molar-refractivity contribution in [3.63, 3.8) is 0 Å². The molecule has 2 N–H and O–H groups in total. The number of rotatable bonds is 5. The van der Waals surface area contributed by atoms with E-state index in [2.05, 4.69) is 12.2 Å². The van der Waals surface area contributed by atoms with Crippen LogP contribution in [0.1, 0.15) is 39.0 Å². The van der Waals surface area contributed by atoms with Gasteiger partial charge in [0.2, 0.25) is 0 Å². The average Bonchev–Trinajstić information content (AvgIpc) is 2.64. The maximum Gasteiger partial charge on any atom is 0.0903 e. The summed E-state index contributed by atoms with van der Waals surface area (Å²) >= 11 is 0. The molecule has 0 bridgehead atoms. The summed E-state index contributed by atoms with van der Waals surface area (Å²) in [4.78, 5) is 0. The molecular formula is C12H23NO2. The number of aliphatic hydroxyl groups excluding tert-OH is 1. The number of ether oxygens (including phenoxy) is 1. The number of nitrogens with one attached hydrogen (secondary N) is 1. The molecule has 1 saturated carbocycles. The second-order valence-corrected chi connectivity index (χ2v) is 5.40. The number of hydrogen-bond acceptors (Lipinski definition) is 3. The van der Waals surface area contributed by atoms with E-state index in [0.29, 0.717) is 6.61 Å². The quantitative estimate of drug-likeness (QED) is 0.723. The lowest BCUT2D eigenvalue weighted by Gasteiger charge is -2.39. The van der Waals surface area contributed by atoms with E-state index in [0.717, 1.165) is 25.4 Å². The molecular weight excluding hydrogens is 190 g/mol. The number of aliphatic hydroxyl groups is 1. The van der Waals surface area contributed by atoms with Crippen LogP contribution in [0.3, 0.4) is 0 Å². The summed E-state index contributed by atoms with van der Waals surface area (Å²) in [6, 6.07) is 0. The van der Waals surface area contributed by atoms with Gasteiger partial charge < -0.3 is 15.2 Å². The summed E-state index contributed by atoms with van der Waals surface area (Å²) in [6.07, 6.45) is 5.97. The van der Waals surface area contributed by atoms with Gasteiger partial charge in [-0.25, -0.2) is 0 Å². The lowest BCUT2D eigenvalue weighted by molar-refractivity contribution is -0.0989. The molecule has 88 valence electrons. The molecule has 2 rings (SSSR count). The molecule has 0 radical (unpaired) electrons. The van der Waals surface area contributed by atoms with E-state index in [4.69, 9.17) is 4.74 Å². The third-order valence-corrected chi connectivity index (χ3v) is 3.70. The van der Waals surface area contributed by atoms with Crippen LogP contribution < -0.4 is 5.32 Å². The minimum Gasteiger partial charge on any atom is -0.391 e. The molecule has 0 aromatic heterocycles. The summed E-state index contributed by atoms with van der Waals surface area (Å²) in [6.45, 7) is 4.45. The van der Waals surface area contributed by atoms with Crippen LogP contribution in [-0.2, 0) is 4.74 Å². The van der Waals surface area contributed by atoms with Crippen LogP contribution in [-0.4, -0.2) is 36.5 Å². The van der Waals surface area contributed by atoms with Crippen molar-refractivity contribution in [2.24, 2.45) is 5.92 Å². The van der Waals surface area contributed by atoms with Gasteiger partial charge in [0, 0.05) is 13.1 Å². The van der Waals surface area contributed by atoms with Crippen molar-refractivity contribution in [3.8, 4) is 0 Å². The van der Waals surface area contributed by atoms with Crippen LogP contribution in [0.25, 0.3) is 0 Å². The van der Waals surface area contributed by atoms with Crippen molar-refractivity contribution in [3.05, 3.63) is 0 Å². The summed E-state index contributed by atoms with van der Waals surface area (Å²) < 4.78 is 5.73. The molecule has 1 atom stereocenters. The van der Waals surface area contributed by atoms with E-state index >= 15 is 0 Å². The van der Waals surface area contributed by atoms with E-state index in [9.17, 15) is 5.11 Å². The van der Waals surface area contributed by atoms with E-state index in [-0.39, 0.29) is 11.7 Å². The van der Waals surface area contributed by atoms with Gasteiger partial charge in [0.25, 0.3) is 0 Å². The van der Waals surface area contributed by atoms with Gasteiger partial charge in [0.05, 0.1) is 18.3 Å². The van der Waals surface area contributed by atoms with Crippen LogP contribution in [0.15, 0.2) is 0 Å². The lowest BCUT2D eigenvalue weighted by Crippen LogP contribution is -2.59. The molecule has 1 unspecified atom stereocenters. The van der Waals surface area contributed by atoms with Gasteiger partial charge in [-0.1, -0.05) is 25.7 Å². The molecule has 0 aromatic rings. The Bertz CT molecular complexity index is 198. The zero-order valence-corrected chi connectivity index (χ0v) is 9.67. The van der Waals surface area contributed by atoms with Crippen molar-refractivity contribution >= 4 is 0 Å². The summed E-state index contributed by atoms with van der Waals surface area (Å²) in [5.41, 5.74) is -0.0172. The van der Waals surface area contributed by atoms with E-state index in [1.54, 1.807) is 0 Å². The first-order valence-corrected chi connectivity index (χ1v) is 6.21. The third-order valence-electron chi connectivity index (χ3n) is 3.70. The fraction of sp³-hybridized carbons (Fsp3) is 1.00. The molecule has 1 heterocycles. The van der Waals surface area contributed by atoms with Crippen molar-refractivity contribution in [2.45, 2.75) is 50.7 Å². The highest BCUT2D eigenvalue weighted by Crippen LogP contribution is 2.29. The number of hydrogen-bond donors (Lipinski definition) is 2. The molecule has 1 saturated heterocycles. The van der Waals surface area contributed by atoms with Gasteiger partial charge in [-0.3, -0.25) is 0 Å². The molecule has 2 fully saturated rings. The largest absolute Gasteiger partial charge is 0.391 e. The second-order valence-electron chi connectivity index (χ2n) is 5.40. The average molecular weight is 213 g/mol. The van der Waals surface area contributed by atoms with Crippen LogP contribution in [0.5, 0.6) is 0 Å². The van der Waals surface area contributed by atoms with Gasteiger partial charge in [-0.2, -0.15) is 0 Å². The highest BCUT2D eigenvalue weighted by atomic mass is 16.5. The molecule has 3 nitrogen and oxygen atoms in total. The second kappa shape index (κ2) is 4.81. The molecule has 0 spiro atoms. The zero-order valence-electron chi connectivity index (χ0n) is 9.67. The van der Waals surface area contributed by atoms with Crippen molar-refractivity contribution in [2.75, 3.05) is 19.7 Å². The Kier molecular flexibility index (Phi) is 3.65. The maximum absolute atomic E-state index is 9.85. The first-order chi connectivity index (χ1) is 7.18. The van der Waals surface area contributed by atoms with Crippen LogP contribution in [0, 0.1) is 5.92 Å². The molecule has 3 heteroatoms. The van der Waals surface area contributed by atoms with Gasteiger partial charge >= 0.3 is 0 Å². The van der Waals surface area contributed by atoms with Crippen LogP contribution >= 0.6 is 0 Å².